The molecular formula is C17H30N2O2. The fourth-order valence-electron chi connectivity index (χ4n) is 4.30. The van der Waals surface area contributed by atoms with Crippen molar-refractivity contribution < 1.29 is 9.53 Å². The van der Waals surface area contributed by atoms with Crippen LogP contribution in [0.4, 0.5) is 0 Å². The predicted molar refractivity (Wildman–Crippen MR) is 82.8 cm³/mol. The summed E-state index contributed by atoms with van der Waals surface area (Å²) in [4.78, 5) is 15.0. The monoisotopic (exact) mass is 294 g/mol. The van der Waals surface area contributed by atoms with E-state index < -0.39 is 0 Å². The number of nitrogens with zero attached hydrogens (tertiary/aromatic N) is 1. The molecule has 3 unspecified atom stereocenters. The van der Waals surface area contributed by atoms with Crippen LogP contribution in [-0.4, -0.2) is 41.8 Å². The molecule has 4 heteroatoms. The van der Waals surface area contributed by atoms with Gasteiger partial charge in [-0.25, -0.2) is 0 Å². The summed E-state index contributed by atoms with van der Waals surface area (Å²) in [5, 5.41) is 3.64. The molecule has 1 saturated carbocycles. The largest absolute Gasteiger partial charge is 0.373 e. The quantitative estimate of drug-likeness (QED) is 0.866. The highest BCUT2D eigenvalue weighted by atomic mass is 16.5. The first-order chi connectivity index (χ1) is 10.0. The van der Waals surface area contributed by atoms with E-state index in [2.05, 4.69) is 31.0 Å². The van der Waals surface area contributed by atoms with E-state index in [9.17, 15) is 4.79 Å². The van der Waals surface area contributed by atoms with Crippen molar-refractivity contribution in [2.75, 3.05) is 13.2 Å². The number of hydrogen-bond acceptors (Lipinski definition) is 3. The molecule has 0 aromatic rings. The molecule has 2 aliphatic heterocycles. The highest BCUT2D eigenvalue weighted by molar-refractivity contribution is 5.84. The molecule has 0 aromatic carbocycles. The lowest BCUT2D eigenvalue weighted by atomic mass is 9.99. The maximum Gasteiger partial charge on any atom is 0.241 e. The molecule has 3 fully saturated rings. The van der Waals surface area contributed by atoms with Gasteiger partial charge in [0.15, 0.2) is 0 Å². The van der Waals surface area contributed by atoms with E-state index in [1.54, 1.807) is 0 Å². The van der Waals surface area contributed by atoms with Gasteiger partial charge in [0, 0.05) is 6.61 Å². The number of rotatable bonds is 4. The molecule has 3 aliphatic rings. The Morgan fingerprint density at radius 3 is 2.62 bits per heavy atom. The molecule has 0 aromatic heterocycles. The van der Waals surface area contributed by atoms with Gasteiger partial charge < -0.3 is 9.64 Å². The van der Waals surface area contributed by atoms with Crippen LogP contribution in [0.2, 0.25) is 0 Å². The molecule has 1 amide bonds. The van der Waals surface area contributed by atoms with Crippen molar-refractivity contribution in [1.82, 2.24) is 10.2 Å². The van der Waals surface area contributed by atoms with Gasteiger partial charge in [0.1, 0.15) is 0 Å². The highest BCUT2D eigenvalue weighted by Crippen LogP contribution is 2.35. The molecule has 0 radical (unpaired) electrons. The van der Waals surface area contributed by atoms with Crippen LogP contribution < -0.4 is 5.32 Å². The van der Waals surface area contributed by atoms with Crippen LogP contribution in [0.1, 0.15) is 59.3 Å². The van der Waals surface area contributed by atoms with Gasteiger partial charge in [0.05, 0.1) is 24.4 Å². The lowest BCUT2D eigenvalue weighted by molar-refractivity contribution is -0.135. The topological polar surface area (TPSA) is 41.6 Å². The van der Waals surface area contributed by atoms with Gasteiger partial charge in [-0.2, -0.15) is 0 Å². The van der Waals surface area contributed by atoms with Crippen LogP contribution in [0.3, 0.4) is 0 Å². The van der Waals surface area contributed by atoms with Crippen molar-refractivity contribution in [3.8, 4) is 0 Å². The Balaban J connectivity index is 1.77. The maximum absolute atomic E-state index is 12.9. The number of amides is 1. The van der Waals surface area contributed by atoms with Crippen molar-refractivity contribution in [3.05, 3.63) is 0 Å². The van der Waals surface area contributed by atoms with E-state index in [-0.39, 0.29) is 17.8 Å². The minimum atomic E-state index is -0.139. The number of carbonyl (C=O) groups is 1. The lowest BCUT2D eigenvalue weighted by Gasteiger charge is -2.35. The van der Waals surface area contributed by atoms with Gasteiger partial charge in [0.2, 0.25) is 5.91 Å². The Labute approximate surface area is 128 Å². The van der Waals surface area contributed by atoms with E-state index in [1.165, 1.54) is 25.7 Å². The van der Waals surface area contributed by atoms with E-state index in [4.69, 9.17) is 4.74 Å². The summed E-state index contributed by atoms with van der Waals surface area (Å²) in [7, 11) is 0. The second-order valence-corrected chi connectivity index (χ2v) is 7.75. The second-order valence-electron chi connectivity index (χ2n) is 7.75. The third kappa shape index (κ3) is 2.98. The van der Waals surface area contributed by atoms with Crippen LogP contribution in [0, 0.1) is 11.8 Å². The fourth-order valence-corrected chi connectivity index (χ4v) is 4.30. The van der Waals surface area contributed by atoms with E-state index >= 15 is 0 Å². The van der Waals surface area contributed by atoms with Crippen LogP contribution in [0.25, 0.3) is 0 Å². The summed E-state index contributed by atoms with van der Waals surface area (Å²) in [5.41, 5.74) is -0.139. The van der Waals surface area contributed by atoms with E-state index in [0.29, 0.717) is 17.7 Å². The van der Waals surface area contributed by atoms with Crippen LogP contribution in [0.15, 0.2) is 0 Å². The van der Waals surface area contributed by atoms with Crippen LogP contribution >= 0.6 is 0 Å². The number of hydrogen-bond donors (Lipinski definition) is 1. The van der Waals surface area contributed by atoms with Gasteiger partial charge in [-0.3, -0.25) is 10.1 Å². The third-order valence-electron chi connectivity index (χ3n) is 5.55. The molecule has 0 spiro atoms. The Kier molecular flexibility index (Phi) is 4.28. The van der Waals surface area contributed by atoms with Crippen molar-refractivity contribution >= 4 is 5.91 Å². The smallest absolute Gasteiger partial charge is 0.241 e. The normalized spacial score (nSPS) is 38.1. The Bertz CT molecular complexity index is 384. The molecule has 120 valence electrons. The van der Waals surface area contributed by atoms with Crippen molar-refractivity contribution in [3.63, 3.8) is 0 Å². The van der Waals surface area contributed by atoms with Gasteiger partial charge in [-0.1, -0.05) is 26.7 Å². The average Bonchev–Trinajstić information content (AvgIpc) is 3.13. The number of carbonyl (C=O) groups excluding carboxylic acids is 1. The minimum Gasteiger partial charge on any atom is -0.373 e. The zero-order chi connectivity index (χ0) is 15.0. The molecule has 3 atom stereocenters. The average molecular weight is 294 g/mol. The predicted octanol–water partition coefficient (Wildman–Crippen LogP) is 2.53. The second kappa shape index (κ2) is 5.88. The van der Waals surface area contributed by atoms with Crippen LogP contribution in [-0.2, 0) is 9.53 Å². The van der Waals surface area contributed by atoms with Crippen molar-refractivity contribution in [1.29, 1.82) is 0 Å². The van der Waals surface area contributed by atoms with Crippen LogP contribution in [0.5, 0.6) is 0 Å². The molecule has 0 bridgehead atoms. The molecule has 21 heavy (non-hydrogen) atoms. The maximum atomic E-state index is 12.9. The molecule has 4 nitrogen and oxygen atoms in total. The Hall–Kier alpha value is -0.610. The molecule has 3 rings (SSSR count). The van der Waals surface area contributed by atoms with Gasteiger partial charge in [-0.05, 0) is 44.4 Å². The SMILES string of the molecule is CC(C)C1NC(C2CCCC2)N(CC2(C)CCCO2)C1=O. The zero-order valence-corrected chi connectivity index (χ0v) is 13.7. The molecule has 2 heterocycles. The summed E-state index contributed by atoms with van der Waals surface area (Å²) in [6.45, 7) is 8.04. The van der Waals surface area contributed by atoms with Gasteiger partial charge >= 0.3 is 0 Å². The summed E-state index contributed by atoms with van der Waals surface area (Å²) in [6.07, 6.45) is 7.55. The lowest BCUT2D eigenvalue weighted by Crippen LogP contribution is -2.49. The molecule has 1 aliphatic carbocycles. The highest BCUT2D eigenvalue weighted by Gasteiger charge is 2.47. The Morgan fingerprint density at radius 1 is 1.33 bits per heavy atom. The Morgan fingerprint density at radius 2 is 2.05 bits per heavy atom. The first-order valence-corrected chi connectivity index (χ1v) is 8.71. The summed E-state index contributed by atoms with van der Waals surface area (Å²) in [6, 6.07) is -0.0133. The number of nitrogens with one attached hydrogen (secondary N) is 1. The molecule has 2 saturated heterocycles. The van der Waals surface area contributed by atoms with E-state index in [1.807, 2.05) is 0 Å². The van der Waals surface area contributed by atoms with Crippen molar-refractivity contribution in [2.24, 2.45) is 11.8 Å². The summed E-state index contributed by atoms with van der Waals surface area (Å²) in [5.74, 6) is 1.27. The zero-order valence-electron chi connectivity index (χ0n) is 13.7. The summed E-state index contributed by atoms with van der Waals surface area (Å²) < 4.78 is 5.94. The first kappa shape index (κ1) is 15.3. The standard InChI is InChI=1S/C17H30N2O2/c1-12(2)14-16(20)19(11-17(3)9-6-10-21-17)15(18-14)13-7-4-5-8-13/h12-15,18H,4-11H2,1-3H3. The minimum absolute atomic E-state index is 0.0133. The first-order valence-electron chi connectivity index (χ1n) is 8.71. The summed E-state index contributed by atoms with van der Waals surface area (Å²) >= 11 is 0. The fraction of sp³-hybridized carbons (Fsp3) is 0.941. The molecule has 1 N–H and O–H groups in total. The van der Waals surface area contributed by atoms with Gasteiger partial charge in [0.25, 0.3) is 0 Å². The van der Waals surface area contributed by atoms with E-state index in [0.717, 1.165) is 26.0 Å². The number of ether oxygens (including phenoxy) is 1. The van der Waals surface area contributed by atoms with Crippen molar-refractivity contribution in [2.45, 2.75) is 77.1 Å². The van der Waals surface area contributed by atoms with Gasteiger partial charge in [-0.15, -0.1) is 0 Å². The molecular weight excluding hydrogens is 264 g/mol. The third-order valence-corrected chi connectivity index (χ3v) is 5.55.